The molecule has 0 aromatic heterocycles. The van der Waals surface area contributed by atoms with Crippen LogP contribution in [-0.4, -0.2) is 12.2 Å². The minimum absolute atomic E-state index is 0.618. The molecule has 82 valence electrons. The number of rotatable bonds is 1. The molecule has 2 N–H and O–H groups in total. The first kappa shape index (κ1) is 11.4. The Balaban J connectivity index is 2.54. The van der Waals surface area contributed by atoms with Gasteiger partial charge in [-0.25, -0.2) is 0 Å². The van der Waals surface area contributed by atoms with Crippen molar-refractivity contribution in [2.24, 2.45) is 0 Å². The molecular formula is C12H11BrN2S. The van der Waals surface area contributed by atoms with E-state index in [9.17, 15) is 0 Å². The summed E-state index contributed by atoms with van der Waals surface area (Å²) in [5.74, 6) is 0. The van der Waals surface area contributed by atoms with E-state index in [1.807, 2.05) is 24.3 Å². The molecule has 0 unspecified atom stereocenters. The zero-order chi connectivity index (χ0) is 11.5. The number of benzene rings is 2. The molecule has 2 aromatic carbocycles. The predicted molar refractivity (Wildman–Crippen MR) is 76.9 cm³/mol. The van der Waals surface area contributed by atoms with E-state index in [-0.39, 0.29) is 0 Å². The van der Waals surface area contributed by atoms with E-state index in [0.29, 0.717) is 5.11 Å². The lowest BCUT2D eigenvalue weighted by Gasteiger charge is -2.11. The zero-order valence-corrected chi connectivity index (χ0v) is 11.2. The molecule has 0 fully saturated rings. The van der Waals surface area contributed by atoms with Crippen LogP contribution in [0.3, 0.4) is 0 Å². The van der Waals surface area contributed by atoms with Gasteiger partial charge < -0.3 is 10.6 Å². The lowest BCUT2D eigenvalue weighted by atomic mass is 10.1. The van der Waals surface area contributed by atoms with Crippen molar-refractivity contribution in [3.8, 4) is 0 Å². The Morgan fingerprint density at radius 1 is 1.12 bits per heavy atom. The maximum atomic E-state index is 5.10. The lowest BCUT2D eigenvalue weighted by Crippen LogP contribution is -2.24. The van der Waals surface area contributed by atoms with E-state index in [0.717, 1.165) is 15.5 Å². The molecule has 16 heavy (non-hydrogen) atoms. The van der Waals surface area contributed by atoms with Gasteiger partial charge in [-0.15, -0.1) is 0 Å². The first-order valence-electron chi connectivity index (χ1n) is 4.88. The molecule has 0 aliphatic rings. The van der Waals surface area contributed by atoms with Gasteiger partial charge in [0, 0.05) is 22.6 Å². The minimum Gasteiger partial charge on any atom is -0.366 e. The van der Waals surface area contributed by atoms with Crippen LogP contribution >= 0.6 is 28.1 Å². The molecule has 0 amide bonds. The number of hydrogen-bond donors (Lipinski definition) is 2. The molecular weight excluding hydrogens is 284 g/mol. The Bertz CT molecular complexity index is 540. The number of hydrogen-bond acceptors (Lipinski definition) is 1. The maximum Gasteiger partial charge on any atom is 0.170 e. The van der Waals surface area contributed by atoms with Crippen molar-refractivity contribution in [2.75, 3.05) is 12.4 Å². The third-order valence-corrected chi connectivity index (χ3v) is 3.34. The van der Waals surface area contributed by atoms with E-state index < -0.39 is 0 Å². The second-order valence-corrected chi connectivity index (χ2v) is 4.61. The Labute approximate surface area is 108 Å². The van der Waals surface area contributed by atoms with Gasteiger partial charge in [0.05, 0.1) is 0 Å². The van der Waals surface area contributed by atoms with Crippen molar-refractivity contribution >= 4 is 49.7 Å². The van der Waals surface area contributed by atoms with Crippen molar-refractivity contribution in [3.05, 3.63) is 40.9 Å². The zero-order valence-electron chi connectivity index (χ0n) is 8.75. The largest absolute Gasteiger partial charge is 0.366 e. The first-order chi connectivity index (χ1) is 7.72. The number of halogens is 1. The smallest absolute Gasteiger partial charge is 0.170 e. The minimum atomic E-state index is 0.618. The van der Waals surface area contributed by atoms with Gasteiger partial charge in [-0.1, -0.05) is 40.2 Å². The molecule has 0 atom stereocenters. The van der Waals surface area contributed by atoms with E-state index in [1.165, 1.54) is 5.39 Å². The van der Waals surface area contributed by atoms with Gasteiger partial charge in [-0.3, -0.25) is 0 Å². The van der Waals surface area contributed by atoms with Gasteiger partial charge in [0.2, 0.25) is 0 Å². The van der Waals surface area contributed by atoms with Gasteiger partial charge in [-0.05, 0) is 29.7 Å². The van der Waals surface area contributed by atoms with Crippen molar-refractivity contribution in [3.63, 3.8) is 0 Å². The summed E-state index contributed by atoms with van der Waals surface area (Å²) in [7, 11) is 1.80. The molecule has 2 aromatic rings. The summed E-state index contributed by atoms with van der Waals surface area (Å²) >= 11 is 8.64. The summed E-state index contributed by atoms with van der Waals surface area (Å²) in [6.07, 6.45) is 0. The third-order valence-electron chi connectivity index (χ3n) is 2.35. The summed E-state index contributed by atoms with van der Waals surface area (Å²) in [5.41, 5.74) is 1.01. The summed E-state index contributed by atoms with van der Waals surface area (Å²) in [5, 5.41) is 9.00. The quantitative estimate of drug-likeness (QED) is 0.787. The Morgan fingerprint density at radius 3 is 2.50 bits per heavy atom. The van der Waals surface area contributed by atoms with Crippen molar-refractivity contribution in [1.29, 1.82) is 0 Å². The normalized spacial score (nSPS) is 10.1. The van der Waals surface area contributed by atoms with Crippen LogP contribution < -0.4 is 10.6 Å². The summed E-state index contributed by atoms with van der Waals surface area (Å²) in [4.78, 5) is 0. The highest BCUT2D eigenvalue weighted by Crippen LogP contribution is 2.29. The van der Waals surface area contributed by atoms with Crippen molar-refractivity contribution < 1.29 is 0 Å². The molecule has 2 nitrogen and oxygen atoms in total. The summed E-state index contributed by atoms with van der Waals surface area (Å²) in [6, 6.07) is 12.2. The Kier molecular flexibility index (Phi) is 3.41. The second-order valence-electron chi connectivity index (χ2n) is 3.34. The summed E-state index contributed by atoms with van der Waals surface area (Å²) < 4.78 is 1.09. The van der Waals surface area contributed by atoms with E-state index in [4.69, 9.17) is 12.2 Å². The van der Waals surface area contributed by atoms with Crippen molar-refractivity contribution in [1.82, 2.24) is 5.32 Å². The van der Waals surface area contributed by atoms with Crippen LogP contribution in [0.25, 0.3) is 10.8 Å². The molecule has 0 bridgehead atoms. The molecule has 0 aliphatic heterocycles. The predicted octanol–water partition coefficient (Wildman–Crippen LogP) is 3.52. The Hall–Kier alpha value is -1.13. The van der Waals surface area contributed by atoms with Gasteiger partial charge in [-0.2, -0.15) is 0 Å². The van der Waals surface area contributed by atoms with E-state index in [2.05, 4.69) is 38.7 Å². The van der Waals surface area contributed by atoms with Gasteiger partial charge in [0.25, 0.3) is 0 Å². The molecule has 0 spiro atoms. The third kappa shape index (κ3) is 2.18. The number of fused-ring (bicyclic) bond motifs is 1. The van der Waals surface area contributed by atoms with Gasteiger partial charge in [0.1, 0.15) is 0 Å². The highest BCUT2D eigenvalue weighted by molar-refractivity contribution is 9.10. The number of thiocarbonyl (C=S) groups is 1. The number of anilines is 1. The van der Waals surface area contributed by atoms with E-state index in [1.54, 1.807) is 7.05 Å². The number of nitrogens with one attached hydrogen (secondary N) is 2. The Morgan fingerprint density at radius 2 is 1.81 bits per heavy atom. The monoisotopic (exact) mass is 294 g/mol. The van der Waals surface area contributed by atoms with Crippen LogP contribution in [0.15, 0.2) is 40.9 Å². The van der Waals surface area contributed by atoms with Gasteiger partial charge in [0.15, 0.2) is 5.11 Å². The van der Waals surface area contributed by atoms with Gasteiger partial charge >= 0.3 is 0 Å². The van der Waals surface area contributed by atoms with Crippen LogP contribution in [0.5, 0.6) is 0 Å². The average molecular weight is 295 g/mol. The second kappa shape index (κ2) is 4.80. The SMILES string of the molecule is CNC(=S)Nc1ccc(Br)c2ccccc12. The van der Waals surface area contributed by atoms with E-state index >= 15 is 0 Å². The van der Waals surface area contributed by atoms with Crippen LogP contribution in [0.2, 0.25) is 0 Å². The first-order valence-corrected chi connectivity index (χ1v) is 6.08. The van der Waals surface area contributed by atoms with Crippen molar-refractivity contribution in [2.45, 2.75) is 0 Å². The van der Waals surface area contributed by atoms with Crippen LogP contribution in [0.4, 0.5) is 5.69 Å². The molecule has 0 aliphatic carbocycles. The molecule has 0 saturated carbocycles. The topological polar surface area (TPSA) is 24.1 Å². The molecule has 2 rings (SSSR count). The van der Waals surface area contributed by atoms with Crippen LogP contribution in [0, 0.1) is 0 Å². The fraction of sp³-hybridized carbons (Fsp3) is 0.0833. The molecule has 0 radical (unpaired) electrons. The van der Waals surface area contributed by atoms with Crippen LogP contribution in [-0.2, 0) is 0 Å². The highest BCUT2D eigenvalue weighted by Gasteiger charge is 2.04. The van der Waals surface area contributed by atoms with Crippen LogP contribution in [0.1, 0.15) is 0 Å². The fourth-order valence-electron chi connectivity index (χ4n) is 1.56. The fourth-order valence-corrected chi connectivity index (χ4v) is 2.14. The highest BCUT2D eigenvalue weighted by atomic mass is 79.9. The lowest BCUT2D eigenvalue weighted by molar-refractivity contribution is 1.20. The molecule has 4 heteroatoms. The summed E-state index contributed by atoms with van der Waals surface area (Å²) in [6.45, 7) is 0. The molecule has 0 saturated heterocycles. The maximum absolute atomic E-state index is 5.10. The molecule has 0 heterocycles. The standard InChI is InChI=1S/C12H11BrN2S/c1-14-12(16)15-11-7-6-10(13)8-4-2-3-5-9(8)11/h2-7H,1H3,(H2,14,15,16). The average Bonchev–Trinajstić information content (AvgIpc) is 2.33.